The van der Waals surface area contributed by atoms with Gasteiger partial charge in [0.05, 0.1) is 11.5 Å². The second kappa shape index (κ2) is 7.13. The Balaban J connectivity index is 1.77. The fourth-order valence-electron chi connectivity index (χ4n) is 3.06. The van der Waals surface area contributed by atoms with Crippen molar-refractivity contribution in [2.24, 2.45) is 11.5 Å². The summed E-state index contributed by atoms with van der Waals surface area (Å²) < 4.78 is 1.67. The molecule has 0 radical (unpaired) electrons. The molecule has 2 aromatic rings. The van der Waals surface area contributed by atoms with Crippen LogP contribution in [0.5, 0.6) is 5.75 Å². The first-order valence-corrected chi connectivity index (χ1v) is 8.62. The summed E-state index contributed by atoms with van der Waals surface area (Å²) in [7, 11) is 0. The maximum Gasteiger partial charge on any atom is 0.127 e. The lowest BCUT2D eigenvalue weighted by Crippen LogP contribution is -2.57. The van der Waals surface area contributed by atoms with Crippen LogP contribution >= 0.6 is 0 Å². The van der Waals surface area contributed by atoms with E-state index >= 15 is 0 Å². The monoisotopic (exact) mass is 354 g/mol. The topological polar surface area (TPSA) is 105 Å². The molecule has 1 fully saturated rings. The zero-order chi connectivity index (χ0) is 18.7. The summed E-state index contributed by atoms with van der Waals surface area (Å²) in [6, 6.07) is 7.09. The number of phenols is 1. The van der Waals surface area contributed by atoms with Crippen LogP contribution in [-0.4, -0.2) is 45.0 Å². The molecule has 1 aromatic carbocycles. The van der Waals surface area contributed by atoms with Crippen LogP contribution in [0.15, 0.2) is 54.6 Å². The third-order valence-corrected chi connectivity index (χ3v) is 4.43. The molecule has 0 bridgehead atoms. The molecule has 6 N–H and O–H groups in total. The summed E-state index contributed by atoms with van der Waals surface area (Å²) in [5.41, 5.74) is 14.1. The summed E-state index contributed by atoms with van der Waals surface area (Å²) in [5.74, 6) is 0.761. The fraction of sp³-hybridized carbons (Fsp3) is 0.316. The third kappa shape index (κ3) is 4.00. The van der Waals surface area contributed by atoms with E-state index in [-0.39, 0.29) is 11.3 Å². The third-order valence-electron chi connectivity index (χ3n) is 4.43. The first kappa shape index (κ1) is 17.9. The van der Waals surface area contributed by atoms with E-state index in [0.29, 0.717) is 17.1 Å². The van der Waals surface area contributed by atoms with E-state index in [1.165, 1.54) is 0 Å². The van der Waals surface area contributed by atoms with E-state index in [9.17, 15) is 5.11 Å². The zero-order valence-corrected chi connectivity index (χ0v) is 15.2. The van der Waals surface area contributed by atoms with Crippen molar-refractivity contribution in [1.82, 2.24) is 20.0 Å². The van der Waals surface area contributed by atoms with Gasteiger partial charge >= 0.3 is 0 Å². The van der Waals surface area contributed by atoms with Crippen molar-refractivity contribution in [2.45, 2.75) is 19.4 Å². The molecule has 0 atom stereocenters. The normalized spacial score (nSPS) is 18.2. The van der Waals surface area contributed by atoms with Gasteiger partial charge in [-0.2, -0.15) is 5.10 Å². The number of aromatic nitrogens is 2. The smallest absolute Gasteiger partial charge is 0.127 e. The molecule has 0 saturated carbocycles. The number of allylic oxidation sites excluding steroid dienone is 2. The molecule has 26 heavy (non-hydrogen) atoms. The molecule has 7 nitrogen and oxygen atoms in total. The molecule has 2 heterocycles. The quantitative estimate of drug-likeness (QED) is 0.618. The van der Waals surface area contributed by atoms with Crippen molar-refractivity contribution < 1.29 is 5.11 Å². The predicted molar refractivity (Wildman–Crippen MR) is 103 cm³/mol. The Morgan fingerprint density at radius 3 is 2.77 bits per heavy atom. The van der Waals surface area contributed by atoms with Crippen LogP contribution in [0.25, 0.3) is 11.4 Å². The summed E-state index contributed by atoms with van der Waals surface area (Å²) >= 11 is 0. The van der Waals surface area contributed by atoms with Crippen molar-refractivity contribution in [1.29, 1.82) is 0 Å². The molecule has 7 heteroatoms. The van der Waals surface area contributed by atoms with Crippen LogP contribution in [0.1, 0.15) is 19.4 Å². The minimum absolute atomic E-state index is 0.0204. The molecule has 138 valence electrons. The van der Waals surface area contributed by atoms with Gasteiger partial charge in [0.15, 0.2) is 0 Å². The van der Waals surface area contributed by atoms with Crippen molar-refractivity contribution in [3.8, 4) is 11.4 Å². The number of piperazine rings is 1. The number of nitrogens with one attached hydrogen (secondary N) is 1. The maximum atomic E-state index is 10.3. The highest BCUT2D eigenvalue weighted by molar-refractivity contribution is 5.70. The average Bonchev–Trinajstić information content (AvgIpc) is 3.13. The van der Waals surface area contributed by atoms with Gasteiger partial charge in [0, 0.05) is 54.9 Å². The maximum absolute atomic E-state index is 10.3. The molecule has 1 aliphatic rings. The number of rotatable bonds is 4. The van der Waals surface area contributed by atoms with Gasteiger partial charge in [0.1, 0.15) is 5.75 Å². The first-order valence-electron chi connectivity index (χ1n) is 8.62. The highest BCUT2D eigenvalue weighted by Gasteiger charge is 2.25. The number of nitrogens with two attached hydrogens (primary N) is 2. The van der Waals surface area contributed by atoms with Crippen molar-refractivity contribution in [3.05, 3.63) is 60.2 Å². The summed E-state index contributed by atoms with van der Waals surface area (Å²) in [5, 5.41) is 17.9. The SMILES string of the molecule is CC1(C)CN(/C(N)=C/C=C(\N)c2ccc(-n3cccn3)cc2O)CCN1. The summed E-state index contributed by atoms with van der Waals surface area (Å²) in [6.07, 6.45) is 7.01. The predicted octanol–water partition coefficient (Wildman–Crippen LogP) is 1.36. The van der Waals surface area contributed by atoms with Crippen molar-refractivity contribution >= 4 is 5.70 Å². The van der Waals surface area contributed by atoms with Gasteiger partial charge in [-0.1, -0.05) is 0 Å². The molecular formula is C19H26N6O. The van der Waals surface area contributed by atoms with Gasteiger partial charge in [0.25, 0.3) is 0 Å². The van der Waals surface area contributed by atoms with Gasteiger partial charge in [-0.15, -0.1) is 0 Å². The van der Waals surface area contributed by atoms with Crippen LogP contribution < -0.4 is 16.8 Å². The summed E-state index contributed by atoms with van der Waals surface area (Å²) in [4.78, 5) is 2.13. The summed E-state index contributed by atoms with van der Waals surface area (Å²) in [6.45, 7) is 6.86. The Kier molecular flexibility index (Phi) is 4.90. The molecule has 0 aliphatic carbocycles. The van der Waals surface area contributed by atoms with Crippen molar-refractivity contribution in [3.63, 3.8) is 0 Å². The Hall–Kier alpha value is -2.93. The molecule has 1 aromatic heterocycles. The fourth-order valence-corrected chi connectivity index (χ4v) is 3.06. The molecule has 0 unspecified atom stereocenters. The first-order chi connectivity index (χ1) is 12.4. The number of hydrogen-bond acceptors (Lipinski definition) is 6. The van der Waals surface area contributed by atoms with E-state index in [2.05, 4.69) is 29.2 Å². The van der Waals surface area contributed by atoms with E-state index in [4.69, 9.17) is 11.5 Å². The molecule has 0 amide bonds. The lowest BCUT2D eigenvalue weighted by molar-refractivity contribution is 0.189. The van der Waals surface area contributed by atoms with E-state index in [1.54, 1.807) is 35.2 Å². The lowest BCUT2D eigenvalue weighted by atomic mass is 10.0. The Morgan fingerprint density at radius 2 is 2.12 bits per heavy atom. The minimum atomic E-state index is 0.0204. The van der Waals surface area contributed by atoms with Crippen LogP contribution in [0.2, 0.25) is 0 Å². The molecular weight excluding hydrogens is 328 g/mol. The van der Waals surface area contributed by atoms with Crippen LogP contribution in [0, 0.1) is 0 Å². The molecule has 1 aliphatic heterocycles. The largest absolute Gasteiger partial charge is 0.507 e. The van der Waals surface area contributed by atoms with Crippen LogP contribution in [0.3, 0.4) is 0 Å². The van der Waals surface area contributed by atoms with Gasteiger partial charge in [-0.3, -0.25) is 0 Å². The Morgan fingerprint density at radius 1 is 1.31 bits per heavy atom. The van der Waals surface area contributed by atoms with Gasteiger partial charge in [0.2, 0.25) is 0 Å². The van der Waals surface area contributed by atoms with Gasteiger partial charge < -0.3 is 26.8 Å². The molecule has 1 saturated heterocycles. The average molecular weight is 354 g/mol. The number of phenolic OH excluding ortho intramolecular Hbond substituents is 1. The standard InChI is InChI=1S/C19H26N6O/c1-19(2)13-24(11-9-22-19)18(21)7-6-16(20)15-5-4-14(12-17(15)26)25-10-3-8-23-25/h3-8,10,12,22,26H,9,11,13,20-21H2,1-2H3/b16-6-,18-7+. The zero-order valence-electron chi connectivity index (χ0n) is 15.2. The number of aromatic hydroxyl groups is 1. The Labute approximate surface area is 153 Å². The lowest BCUT2D eigenvalue weighted by Gasteiger charge is -2.40. The van der Waals surface area contributed by atoms with Gasteiger partial charge in [-0.05, 0) is 44.2 Å². The highest BCUT2D eigenvalue weighted by atomic mass is 16.3. The number of hydrogen-bond donors (Lipinski definition) is 4. The molecule has 0 spiro atoms. The number of benzene rings is 1. The molecule has 3 rings (SSSR count). The van der Waals surface area contributed by atoms with E-state index in [0.717, 1.165) is 25.3 Å². The van der Waals surface area contributed by atoms with Gasteiger partial charge in [-0.25, -0.2) is 4.68 Å². The van der Waals surface area contributed by atoms with Crippen LogP contribution in [0.4, 0.5) is 0 Å². The Bertz CT molecular complexity index is 823. The highest BCUT2D eigenvalue weighted by Crippen LogP contribution is 2.25. The second-order valence-corrected chi connectivity index (χ2v) is 7.10. The van der Waals surface area contributed by atoms with E-state index in [1.807, 2.05) is 18.3 Å². The van der Waals surface area contributed by atoms with E-state index < -0.39 is 0 Å². The van der Waals surface area contributed by atoms with Crippen molar-refractivity contribution in [2.75, 3.05) is 19.6 Å². The number of nitrogens with zero attached hydrogens (tertiary/aromatic N) is 3. The van der Waals surface area contributed by atoms with Crippen LogP contribution in [-0.2, 0) is 0 Å². The second-order valence-electron chi connectivity index (χ2n) is 7.10. The minimum Gasteiger partial charge on any atom is -0.507 e.